The van der Waals surface area contributed by atoms with Crippen molar-refractivity contribution in [1.29, 1.82) is 0 Å². The van der Waals surface area contributed by atoms with Crippen LogP contribution in [0, 0.1) is 22.0 Å². The molecule has 0 radical (unpaired) electrons. The number of anilines is 1. The molecule has 0 saturated heterocycles. The maximum atomic E-state index is 11.2. The second-order valence-electron chi connectivity index (χ2n) is 4.99. The van der Waals surface area contributed by atoms with Gasteiger partial charge in [-0.2, -0.15) is 0 Å². The fraction of sp³-hybridized carbons (Fsp3) is 0.583. The lowest BCUT2D eigenvalue weighted by Crippen LogP contribution is -2.32. The standard InChI is InChI=1S/C12H15ClN4O4/c13-10-9(17(20)21)11(16-6-15-10)14-5-7-3-1-2-4-8(7)12(18)19/h6-8H,1-5H2,(H,18,19)(H,14,15,16)/t7-,8-/m0/s1. The van der Waals surface area contributed by atoms with Gasteiger partial charge in [0.05, 0.1) is 10.8 Å². The number of aromatic nitrogens is 2. The highest BCUT2D eigenvalue weighted by Gasteiger charge is 2.31. The molecule has 0 spiro atoms. The Balaban J connectivity index is 2.10. The van der Waals surface area contributed by atoms with E-state index in [1.165, 1.54) is 0 Å². The van der Waals surface area contributed by atoms with Crippen LogP contribution in [0.4, 0.5) is 11.5 Å². The van der Waals surface area contributed by atoms with Crippen molar-refractivity contribution < 1.29 is 14.8 Å². The molecule has 1 aliphatic rings. The molecule has 2 N–H and O–H groups in total. The third-order valence-electron chi connectivity index (χ3n) is 3.72. The van der Waals surface area contributed by atoms with Crippen LogP contribution in [0.1, 0.15) is 25.7 Å². The number of nitrogens with zero attached hydrogens (tertiary/aromatic N) is 3. The fourth-order valence-corrected chi connectivity index (χ4v) is 2.86. The number of aliphatic carboxylic acids is 1. The largest absolute Gasteiger partial charge is 0.481 e. The average molecular weight is 315 g/mol. The Morgan fingerprint density at radius 1 is 1.48 bits per heavy atom. The maximum absolute atomic E-state index is 11.2. The van der Waals surface area contributed by atoms with Crippen molar-refractivity contribution in [3.05, 3.63) is 21.6 Å². The van der Waals surface area contributed by atoms with E-state index in [4.69, 9.17) is 11.6 Å². The Labute approximate surface area is 125 Å². The number of carboxylic acid groups (broad SMARTS) is 1. The van der Waals surface area contributed by atoms with E-state index in [0.717, 1.165) is 25.6 Å². The Hall–Kier alpha value is -1.96. The molecular weight excluding hydrogens is 300 g/mol. The van der Waals surface area contributed by atoms with Crippen LogP contribution < -0.4 is 5.32 Å². The number of rotatable bonds is 5. The second-order valence-corrected chi connectivity index (χ2v) is 5.35. The summed E-state index contributed by atoms with van der Waals surface area (Å²) in [6, 6.07) is 0. The Kier molecular flexibility index (Phi) is 4.89. The summed E-state index contributed by atoms with van der Waals surface area (Å²) in [7, 11) is 0. The zero-order chi connectivity index (χ0) is 15.4. The van der Waals surface area contributed by atoms with Gasteiger partial charge in [-0.1, -0.05) is 24.4 Å². The third-order valence-corrected chi connectivity index (χ3v) is 3.99. The van der Waals surface area contributed by atoms with Gasteiger partial charge in [-0.15, -0.1) is 0 Å². The van der Waals surface area contributed by atoms with E-state index < -0.39 is 16.8 Å². The summed E-state index contributed by atoms with van der Waals surface area (Å²) in [5.41, 5.74) is -0.387. The first-order valence-corrected chi connectivity index (χ1v) is 7.00. The van der Waals surface area contributed by atoms with Gasteiger partial charge in [0.2, 0.25) is 11.0 Å². The Morgan fingerprint density at radius 2 is 2.19 bits per heavy atom. The van der Waals surface area contributed by atoms with Gasteiger partial charge in [0.1, 0.15) is 6.33 Å². The number of carboxylic acids is 1. The monoisotopic (exact) mass is 314 g/mol. The minimum absolute atomic E-state index is 0.0229. The van der Waals surface area contributed by atoms with Gasteiger partial charge in [0.15, 0.2) is 0 Å². The number of hydrogen-bond donors (Lipinski definition) is 2. The minimum Gasteiger partial charge on any atom is -0.481 e. The first kappa shape index (κ1) is 15.4. The van der Waals surface area contributed by atoms with Crippen LogP contribution in [0.3, 0.4) is 0 Å². The molecule has 0 unspecified atom stereocenters. The SMILES string of the molecule is O=C(O)[C@H]1CCCC[C@H]1CNc1ncnc(Cl)c1[N+](=O)[O-]. The first-order valence-electron chi connectivity index (χ1n) is 6.62. The summed E-state index contributed by atoms with van der Waals surface area (Å²) >= 11 is 5.70. The molecule has 0 amide bonds. The van der Waals surface area contributed by atoms with E-state index in [1.807, 2.05) is 0 Å². The summed E-state index contributed by atoms with van der Waals surface area (Å²) in [5, 5.41) is 22.8. The van der Waals surface area contributed by atoms with Gasteiger partial charge in [-0.05, 0) is 18.8 Å². The number of nitro groups is 1. The molecule has 1 aromatic rings. The van der Waals surface area contributed by atoms with Gasteiger partial charge in [0.25, 0.3) is 0 Å². The van der Waals surface area contributed by atoms with E-state index in [1.54, 1.807) is 0 Å². The number of hydrogen-bond acceptors (Lipinski definition) is 6. The quantitative estimate of drug-likeness (QED) is 0.486. The van der Waals surface area contributed by atoms with Crippen LogP contribution in [0.2, 0.25) is 5.15 Å². The first-order chi connectivity index (χ1) is 10.0. The lowest BCUT2D eigenvalue weighted by molar-refractivity contribution is -0.384. The highest BCUT2D eigenvalue weighted by molar-refractivity contribution is 6.31. The molecule has 0 aliphatic heterocycles. The van der Waals surface area contributed by atoms with E-state index in [0.29, 0.717) is 13.0 Å². The van der Waals surface area contributed by atoms with Crippen LogP contribution in [0.15, 0.2) is 6.33 Å². The van der Waals surface area contributed by atoms with Gasteiger partial charge in [-0.25, -0.2) is 9.97 Å². The summed E-state index contributed by atoms with van der Waals surface area (Å²) in [6.45, 7) is 0.311. The topological polar surface area (TPSA) is 118 Å². The van der Waals surface area contributed by atoms with E-state index >= 15 is 0 Å². The zero-order valence-electron chi connectivity index (χ0n) is 11.2. The zero-order valence-corrected chi connectivity index (χ0v) is 11.9. The lowest BCUT2D eigenvalue weighted by atomic mass is 9.79. The Bertz CT molecular complexity index is 554. The predicted molar refractivity (Wildman–Crippen MR) is 75.3 cm³/mol. The van der Waals surface area contributed by atoms with Gasteiger partial charge in [-0.3, -0.25) is 14.9 Å². The molecule has 0 aromatic carbocycles. The second kappa shape index (κ2) is 6.66. The smallest absolute Gasteiger partial charge is 0.348 e. The van der Waals surface area contributed by atoms with Crippen molar-refractivity contribution in [2.75, 3.05) is 11.9 Å². The van der Waals surface area contributed by atoms with Gasteiger partial charge < -0.3 is 10.4 Å². The normalized spacial score (nSPS) is 21.8. The molecule has 2 atom stereocenters. The van der Waals surface area contributed by atoms with Crippen molar-refractivity contribution >= 4 is 29.1 Å². The van der Waals surface area contributed by atoms with Gasteiger partial charge >= 0.3 is 11.7 Å². The summed E-state index contributed by atoms with van der Waals surface area (Å²) < 4.78 is 0. The molecule has 0 bridgehead atoms. The van der Waals surface area contributed by atoms with Gasteiger partial charge in [0, 0.05) is 6.54 Å². The molecule has 9 heteroatoms. The number of halogens is 1. The fourth-order valence-electron chi connectivity index (χ4n) is 2.65. The summed E-state index contributed by atoms with van der Waals surface area (Å²) in [5.74, 6) is -1.31. The molecule has 8 nitrogen and oxygen atoms in total. The lowest BCUT2D eigenvalue weighted by Gasteiger charge is -2.28. The van der Waals surface area contributed by atoms with Crippen molar-refractivity contribution in [2.24, 2.45) is 11.8 Å². The van der Waals surface area contributed by atoms with E-state index in [-0.39, 0.29) is 22.6 Å². The molecular formula is C12H15ClN4O4. The molecule has 1 aromatic heterocycles. The molecule has 1 fully saturated rings. The van der Waals surface area contributed by atoms with Crippen LogP contribution in [-0.4, -0.2) is 32.5 Å². The highest BCUT2D eigenvalue weighted by Crippen LogP contribution is 2.32. The summed E-state index contributed by atoms with van der Waals surface area (Å²) in [6.07, 6.45) is 4.40. The Morgan fingerprint density at radius 3 is 2.86 bits per heavy atom. The van der Waals surface area contributed by atoms with Crippen LogP contribution >= 0.6 is 11.6 Å². The molecule has 2 rings (SSSR count). The van der Waals surface area contributed by atoms with Crippen molar-refractivity contribution in [2.45, 2.75) is 25.7 Å². The van der Waals surface area contributed by atoms with E-state index in [2.05, 4.69) is 15.3 Å². The van der Waals surface area contributed by atoms with Crippen LogP contribution in [0.5, 0.6) is 0 Å². The molecule has 21 heavy (non-hydrogen) atoms. The third kappa shape index (κ3) is 3.57. The maximum Gasteiger partial charge on any atom is 0.348 e. The van der Waals surface area contributed by atoms with Crippen LogP contribution in [-0.2, 0) is 4.79 Å². The average Bonchev–Trinajstić information content (AvgIpc) is 2.44. The van der Waals surface area contributed by atoms with Crippen molar-refractivity contribution in [3.63, 3.8) is 0 Å². The highest BCUT2D eigenvalue weighted by atomic mass is 35.5. The van der Waals surface area contributed by atoms with Crippen molar-refractivity contribution in [1.82, 2.24) is 9.97 Å². The molecule has 1 heterocycles. The molecule has 114 valence electrons. The number of nitrogens with one attached hydrogen (secondary N) is 1. The molecule has 1 aliphatic carbocycles. The minimum atomic E-state index is -0.822. The van der Waals surface area contributed by atoms with Crippen LogP contribution in [0.25, 0.3) is 0 Å². The summed E-state index contributed by atoms with van der Waals surface area (Å²) in [4.78, 5) is 28.9. The van der Waals surface area contributed by atoms with E-state index in [9.17, 15) is 20.0 Å². The number of carbonyl (C=O) groups is 1. The predicted octanol–water partition coefficient (Wildman–Crippen LogP) is 2.34. The molecule has 1 saturated carbocycles. The van der Waals surface area contributed by atoms with Crippen molar-refractivity contribution in [3.8, 4) is 0 Å².